The molecule has 0 spiro atoms. The van der Waals surface area contributed by atoms with Gasteiger partial charge in [-0.15, -0.1) is 0 Å². The summed E-state index contributed by atoms with van der Waals surface area (Å²) >= 11 is 0. The van der Waals surface area contributed by atoms with Crippen LogP contribution in [-0.2, 0) is 14.3 Å². The summed E-state index contributed by atoms with van der Waals surface area (Å²) in [6, 6.07) is 14.5. The second-order valence-electron chi connectivity index (χ2n) is 6.07. The number of aryl methyl sites for hydroxylation is 2. The summed E-state index contributed by atoms with van der Waals surface area (Å²) in [6.07, 6.45) is 1.43. The first-order valence-electron chi connectivity index (χ1n) is 8.82. The van der Waals surface area contributed by atoms with Gasteiger partial charge in [0, 0.05) is 11.3 Å². The number of carbonyl (C=O) groups excluding carboxylic acids is 2. The van der Waals surface area contributed by atoms with Gasteiger partial charge in [0.1, 0.15) is 17.4 Å². The fourth-order valence-electron chi connectivity index (χ4n) is 2.43. The maximum absolute atomic E-state index is 12.6. The lowest BCUT2D eigenvalue weighted by molar-refractivity contribution is -0.145. The average Bonchev–Trinajstić information content (AvgIpc) is 2.68. The van der Waals surface area contributed by atoms with Crippen molar-refractivity contribution in [2.75, 3.05) is 18.5 Å². The number of nitrogens with one attached hydrogen (secondary N) is 1. The quantitative estimate of drug-likeness (QED) is 0.450. The predicted molar refractivity (Wildman–Crippen MR) is 107 cm³/mol. The fraction of sp³-hybridized carbons (Fsp3) is 0.227. The molecule has 0 aliphatic carbocycles. The smallest absolute Gasteiger partial charge is 0.344 e. The largest absolute Gasteiger partial charge is 0.481 e. The van der Waals surface area contributed by atoms with Crippen LogP contribution < -0.4 is 10.1 Å². The highest BCUT2D eigenvalue weighted by Crippen LogP contribution is 2.22. The molecule has 144 valence electrons. The van der Waals surface area contributed by atoms with Crippen LogP contribution in [0.1, 0.15) is 23.6 Å². The molecule has 2 aromatic carbocycles. The van der Waals surface area contributed by atoms with E-state index < -0.39 is 11.9 Å². The summed E-state index contributed by atoms with van der Waals surface area (Å²) in [7, 11) is 0. The zero-order valence-electron chi connectivity index (χ0n) is 16.1. The first kappa shape index (κ1) is 20.7. The zero-order valence-corrected chi connectivity index (χ0v) is 16.1. The van der Waals surface area contributed by atoms with Gasteiger partial charge in [-0.2, -0.15) is 5.26 Å². The molecule has 0 bridgehead atoms. The van der Waals surface area contributed by atoms with E-state index in [9.17, 15) is 14.9 Å². The SMILES string of the molecule is CCOC(=O)COc1ccccc1/C=C(\C#N)C(=O)Nc1cc(C)ccc1C. The van der Waals surface area contributed by atoms with E-state index in [0.717, 1.165) is 11.1 Å². The monoisotopic (exact) mass is 378 g/mol. The molecule has 0 radical (unpaired) electrons. The highest BCUT2D eigenvalue weighted by atomic mass is 16.6. The summed E-state index contributed by atoms with van der Waals surface area (Å²) in [4.78, 5) is 24.1. The Kier molecular flexibility index (Phi) is 7.35. The molecule has 28 heavy (non-hydrogen) atoms. The van der Waals surface area contributed by atoms with Gasteiger partial charge in [0.05, 0.1) is 6.61 Å². The molecule has 2 aromatic rings. The highest BCUT2D eigenvalue weighted by molar-refractivity contribution is 6.10. The molecule has 0 heterocycles. The minimum absolute atomic E-state index is 0.0758. The minimum atomic E-state index is -0.517. The van der Waals surface area contributed by atoms with Crippen molar-refractivity contribution < 1.29 is 19.1 Å². The number of ether oxygens (including phenoxy) is 2. The summed E-state index contributed by atoms with van der Waals surface area (Å²) in [5.41, 5.74) is 2.99. The molecular formula is C22H22N2O4. The molecule has 0 atom stereocenters. The second kappa shape index (κ2) is 9.93. The van der Waals surface area contributed by atoms with Crippen molar-refractivity contribution in [3.05, 3.63) is 64.7 Å². The lowest BCUT2D eigenvalue weighted by atomic mass is 10.1. The van der Waals surface area contributed by atoms with Gasteiger partial charge in [-0.25, -0.2) is 4.79 Å². The number of amides is 1. The number of para-hydroxylation sites is 1. The molecule has 0 saturated carbocycles. The van der Waals surface area contributed by atoms with Crippen molar-refractivity contribution >= 4 is 23.6 Å². The van der Waals surface area contributed by atoms with E-state index in [1.54, 1.807) is 31.2 Å². The number of rotatable bonds is 7. The van der Waals surface area contributed by atoms with Gasteiger partial charge < -0.3 is 14.8 Å². The standard InChI is InChI=1S/C22H22N2O4/c1-4-27-21(25)14-28-20-8-6-5-7-17(20)12-18(13-23)22(26)24-19-11-15(2)9-10-16(19)3/h5-12H,4,14H2,1-3H3,(H,24,26)/b18-12+. The summed E-state index contributed by atoms with van der Waals surface area (Å²) < 4.78 is 10.3. The van der Waals surface area contributed by atoms with E-state index in [0.29, 0.717) is 17.0 Å². The normalized spacial score (nSPS) is 10.7. The molecule has 0 aliphatic heterocycles. The molecule has 0 saturated heterocycles. The van der Waals surface area contributed by atoms with E-state index in [2.05, 4.69) is 5.32 Å². The Labute approximate surface area is 164 Å². The molecule has 0 aromatic heterocycles. The Morgan fingerprint density at radius 2 is 1.93 bits per heavy atom. The van der Waals surface area contributed by atoms with Crippen molar-refractivity contribution in [1.29, 1.82) is 5.26 Å². The molecule has 6 heteroatoms. The van der Waals surface area contributed by atoms with Crippen LogP contribution in [0.25, 0.3) is 6.08 Å². The Hall–Kier alpha value is -3.59. The maximum atomic E-state index is 12.6. The van der Waals surface area contributed by atoms with Crippen LogP contribution in [0.15, 0.2) is 48.0 Å². The Balaban J connectivity index is 2.22. The molecule has 1 N–H and O–H groups in total. The lowest BCUT2D eigenvalue weighted by Gasteiger charge is -2.10. The van der Waals surface area contributed by atoms with E-state index >= 15 is 0 Å². The Bertz CT molecular complexity index is 942. The van der Waals surface area contributed by atoms with Crippen LogP contribution in [0, 0.1) is 25.2 Å². The van der Waals surface area contributed by atoms with Crippen LogP contribution in [0.5, 0.6) is 5.75 Å². The average molecular weight is 378 g/mol. The number of anilines is 1. The number of nitriles is 1. The van der Waals surface area contributed by atoms with Gasteiger partial charge >= 0.3 is 5.97 Å². The van der Waals surface area contributed by atoms with Crippen LogP contribution in [0.2, 0.25) is 0 Å². The number of nitrogens with zero attached hydrogens (tertiary/aromatic N) is 1. The third kappa shape index (κ3) is 5.71. The topological polar surface area (TPSA) is 88.4 Å². The van der Waals surface area contributed by atoms with Gasteiger partial charge in [-0.05, 0) is 50.1 Å². The lowest BCUT2D eigenvalue weighted by Crippen LogP contribution is -2.15. The number of esters is 1. The Morgan fingerprint density at radius 3 is 2.64 bits per heavy atom. The zero-order chi connectivity index (χ0) is 20.5. The molecule has 0 unspecified atom stereocenters. The Morgan fingerprint density at radius 1 is 1.18 bits per heavy atom. The van der Waals surface area contributed by atoms with Gasteiger partial charge in [0.2, 0.25) is 0 Å². The molecule has 0 fully saturated rings. The van der Waals surface area contributed by atoms with Gasteiger partial charge in [-0.1, -0.05) is 30.3 Å². The third-order valence-corrected chi connectivity index (χ3v) is 3.88. The van der Waals surface area contributed by atoms with E-state index in [1.165, 1.54) is 6.08 Å². The van der Waals surface area contributed by atoms with Crippen molar-refractivity contribution in [2.24, 2.45) is 0 Å². The molecule has 2 rings (SSSR count). The molecule has 0 aliphatic rings. The summed E-state index contributed by atoms with van der Waals surface area (Å²) in [6.45, 7) is 5.52. The number of benzene rings is 2. The van der Waals surface area contributed by atoms with Crippen LogP contribution >= 0.6 is 0 Å². The molecule has 6 nitrogen and oxygen atoms in total. The van der Waals surface area contributed by atoms with Crippen LogP contribution in [0.3, 0.4) is 0 Å². The van der Waals surface area contributed by atoms with E-state index in [1.807, 2.05) is 38.1 Å². The van der Waals surface area contributed by atoms with Crippen molar-refractivity contribution in [1.82, 2.24) is 0 Å². The van der Waals surface area contributed by atoms with Gasteiger partial charge in [0.25, 0.3) is 5.91 Å². The first-order valence-corrected chi connectivity index (χ1v) is 8.82. The number of carbonyl (C=O) groups is 2. The van der Waals surface area contributed by atoms with Gasteiger partial charge in [-0.3, -0.25) is 4.79 Å². The first-order chi connectivity index (χ1) is 13.4. The van der Waals surface area contributed by atoms with Crippen LogP contribution in [0.4, 0.5) is 5.69 Å². The van der Waals surface area contributed by atoms with E-state index in [4.69, 9.17) is 9.47 Å². The second-order valence-corrected chi connectivity index (χ2v) is 6.07. The number of hydrogen-bond acceptors (Lipinski definition) is 5. The molecular weight excluding hydrogens is 356 g/mol. The van der Waals surface area contributed by atoms with Crippen molar-refractivity contribution in [2.45, 2.75) is 20.8 Å². The van der Waals surface area contributed by atoms with Gasteiger partial charge in [0.15, 0.2) is 6.61 Å². The third-order valence-electron chi connectivity index (χ3n) is 3.88. The summed E-state index contributed by atoms with van der Waals surface area (Å²) in [5, 5.41) is 12.2. The van der Waals surface area contributed by atoms with E-state index in [-0.39, 0.29) is 18.8 Å². The van der Waals surface area contributed by atoms with Crippen molar-refractivity contribution in [3.63, 3.8) is 0 Å². The fourth-order valence-corrected chi connectivity index (χ4v) is 2.43. The molecule has 1 amide bonds. The maximum Gasteiger partial charge on any atom is 0.344 e. The summed E-state index contributed by atoms with van der Waals surface area (Å²) in [5.74, 6) is -0.631. The predicted octanol–water partition coefficient (Wildman–Crippen LogP) is 3.79. The minimum Gasteiger partial charge on any atom is -0.481 e. The van der Waals surface area contributed by atoms with Crippen molar-refractivity contribution in [3.8, 4) is 11.8 Å². The van der Waals surface area contributed by atoms with Crippen LogP contribution in [-0.4, -0.2) is 25.1 Å². The highest BCUT2D eigenvalue weighted by Gasteiger charge is 2.13. The number of hydrogen-bond donors (Lipinski definition) is 1.